The third kappa shape index (κ3) is 9.15. The highest BCUT2D eigenvalue weighted by molar-refractivity contribution is 6.55. The van der Waals surface area contributed by atoms with E-state index in [4.69, 9.17) is 55.9 Å². The Bertz CT molecular complexity index is 577. The largest absolute Gasteiger partial charge is 0.490 e. The average molecular weight is 455 g/mol. The quantitative estimate of drug-likeness (QED) is 0.332. The molecule has 0 aliphatic carbocycles. The number of piperidine rings is 1. The van der Waals surface area contributed by atoms with Gasteiger partial charge in [-0.1, -0.05) is 65.7 Å². The molecular weight excluding hydrogens is 428 g/mol. The Morgan fingerprint density at radius 1 is 0.926 bits per heavy atom. The van der Waals surface area contributed by atoms with Crippen LogP contribution in [0.4, 0.5) is 0 Å². The summed E-state index contributed by atoms with van der Waals surface area (Å²) in [5.41, 5.74) is 0. The highest BCUT2D eigenvalue weighted by Crippen LogP contribution is 2.37. The predicted octanol–water partition coefficient (Wildman–Crippen LogP) is 7.12. The number of nitrogens with zero attached hydrogens (tertiary/aromatic N) is 1. The van der Waals surface area contributed by atoms with Crippen LogP contribution in [0.5, 0.6) is 11.5 Å². The second-order valence-corrected chi connectivity index (χ2v) is 8.51. The van der Waals surface area contributed by atoms with Gasteiger partial charge in [0, 0.05) is 12.1 Å². The molecule has 0 amide bonds. The number of likely N-dealkylation sites (tertiary alicyclic amines) is 1. The fourth-order valence-corrected chi connectivity index (χ4v) is 3.81. The Morgan fingerprint density at radius 2 is 1.59 bits per heavy atom. The van der Waals surface area contributed by atoms with Crippen molar-refractivity contribution in [2.75, 3.05) is 32.8 Å². The van der Waals surface area contributed by atoms with Crippen LogP contribution in [0.3, 0.4) is 0 Å². The Labute approximate surface area is 182 Å². The average Bonchev–Trinajstić information content (AvgIpc) is 2.63. The molecule has 152 valence electrons. The molecule has 0 bridgehead atoms. The first kappa shape index (κ1) is 23.0. The smallest absolute Gasteiger partial charge is 0.156 e. The van der Waals surface area contributed by atoms with Gasteiger partial charge in [-0.05, 0) is 51.4 Å². The van der Waals surface area contributed by atoms with E-state index < -0.39 is 0 Å². The molecule has 0 spiro atoms. The van der Waals surface area contributed by atoms with Crippen molar-refractivity contribution in [3.8, 4) is 11.5 Å². The zero-order valence-electron chi connectivity index (χ0n) is 15.5. The molecule has 3 nitrogen and oxygen atoms in total. The van der Waals surface area contributed by atoms with Crippen molar-refractivity contribution in [3.05, 3.63) is 32.7 Å². The molecule has 2 rings (SSSR count). The van der Waals surface area contributed by atoms with Gasteiger partial charge in [0.25, 0.3) is 0 Å². The van der Waals surface area contributed by atoms with Crippen molar-refractivity contribution < 1.29 is 9.47 Å². The lowest BCUT2D eigenvalue weighted by Crippen LogP contribution is -2.30. The van der Waals surface area contributed by atoms with Crippen molar-refractivity contribution in [2.45, 2.75) is 44.9 Å². The summed E-state index contributed by atoms with van der Waals surface area (Å²) in [4.78, 5) is 2.58. The highest BCUT2D eigenvalue weighted by atomic mass is 35.5. The van der Waals surface area contributed by atoms with Crippen LogP contribution in [-0.4, -0.2) is 37.7 Å². The van der Waals surface area contributed by atoms with Crippen LogP contribution in [0.15, 0.2) is 22.7 Å². The second-order valence-electron chi connectivity index (χ2n) is 6.69. The summed E-state index contributed by atoms with van der Waals surface area (Å²) < 4.78 is 11.4. The minimum Gasteiger partial charge on any atom is -0.490 e. The van der Waals surface area contributed by atoms with Gasteiger partial charge in [-0.2, -0.15) is 0 Å². The summed E-state index contributed by atoms with van der Waals surface area (Å²) in [7, 11) is 0. The van der Waals surface area contributed by atoms with Crippen molar-refractivity contribution in [2.24, 2.45) is 0 Å². The third-order valence-electron chi connectivity index (χ3n) is 4.52. The molecule has 7 heteroatoms. The Balaban J connectivity index is 1.64. The van der Waals surface area contributed by atoms with Crippen molar-refractivity contribution in [1.82, 2.24) is 4.90 Å². The van der Waals surface area contributed by atoms with Gasteiger partial charge in [0.05, 0.1) is 16.7 Å². The molecule has 27 heavy (non-hydrogen) atoms. The van der Waals surface area contributed by atoms with Crippen LogP contribution < -0.4 is 9.47 Å². The van der Waals surface area contributed by atoms with E-state index in [1.54, 1.807) is 18.2 Å². The van der Waals surface area contributed by atoms with E-state index in [1.807, 2.05) is 0 Å². The summed E-state index contributed by atoms with van der Waals surface area (Å²) in [5, 5.41) is 0.868. The van der Waals surface area contributed by atoms with Crippen LogP contribution in [0, 0.1) is 0 Å². The molecule has 0 radical (unpaired) electrons. The molecule has 0 aromatic heterocycles. The first-order valence-electron chi connectivity index (χ1n) is 9.54. The maximum Gasteiger partial charge on any atom is 0.156 e. The van der Waals surface area contributed by atoms with Gasteiger partial charge < -0.3 is 14.4 Å². The van der Waals surface area contributed by atoms with Gasteiger partial charge in [-0.3, -0.25) is 0 Å². The number of ether oxygens (including phenoxy) is 2. The number of hydrogen-bond acceptors (Lipinski definition) is 3. The van der Waals surface area contributed by atoms with E-state index in [2.05, 4.69) is 4.90 Å². The Hall–Kier alpha value is -0.320. The fourth-order valence-electron chi connectivity index (χ4n) is 3.11. The molecule has 0 unspecified atom stereocenters. The lowest BCUT2D eigenvalue weighted by molar-refractivity contribution is 0.223. The summed E-state index contributed by atoms with van der Waals surface area (Å²) >= 11 is 23.6. The third-order valence-corrected chi connectivity index (χ3v) is 5.39. The molecular formula is C20H27Cl4NO2. The predicted molar refractivity (Wildman–Crippen MR) is 116 cm³/mol. The maximum absolute atomic E-state index is 6.26. The minimum absolute atomic E-state index is 0.156. The van der Waals surface area contributed by atoms with E-state index >= 15 is 0 Å². The molecule has 1 aliphatic rings. The normalized spacial score (nSPS) is 14.8. The Kier molecular flexibility index (Phi) is 11.1. The van der Waals surface area contributed by atoms with Gasteiger partial charge in [0.1, 0.15) is 16.8 Å². The van der Waals surface area contributed by atoms with Gasteiger partial charge in [-0.25, -0.2) is 0 Å². The lowest BCUT2D eigenvalue weighted by atomic mass is 10.1. The van der Waals surface area contributed by atoms with E-state index in [0.29, 0.717) is 28.2 Å². The van der Waals surface area contributed by atoms with E-state index in [0.717, 1.165) is 12.8 Å². The van der Waals surface area contributed by atoms with Gasteiger partial charge in [0.2, 0.25) is 0 Å². The SMILES string of the molecule is ClC(Cl)=CCOc1cc(Cl)c(OCCCCCCN2CCCCC2)c(Cl)c1. The van der Waals surface area contributed by atoms with E-state index in [9.17, 15) is 0 Å². The molecule has 1 saturated heterocycles. The molecule has 1 aliphatic heterocycles. The van der Waals surface area contributed by atoms with Gasteiger partial charge in [0.15, 0.2) is 5.75 Å². The van der Waals surface area contributed by atoms with Crippen molar-refractivity contribution in [1.29, 1.82) is 0 Å². The minimum atomic E-state index is 0.156. The van der Waals surface area contributed by atoms with Crippen LogP contribution in [-0.2, 0) is 0 Å². The summed E-state index contributed by atoms with van der Waals surface area (Å²) in [6.07, 6.45) is 10.3. The maximum atomic E-state index is 6.26. The van der Waals surface area contributed by atoms with Crippen molar-refractivity contribution >= 4 is 46.4 Å². The van der Waals surface area contributed by atoms with Crippen LogP contribution in [0.25, 0.3) is 0 Å². The van der Waals surface area contributed by atoms with E-state index in [1.165, 1.54) is 51.7 Å². The summed E-state index contributed by atoms with van der Waals surface area (Å²) in [6.45, 7) is 4.62. The summed E-state index contributed by atoms with van der Waals surface area (Å²) in [5.74, 6) is 1.05. The van der Waals surface area contributed by atoms with Crippen LogP contribution >= 0.6 is 46.4 Å². The molecule has 1 heterocycles. The first-order chi connectivity index (χ1) is 13.1. The molecule has 1 aromatic carbocycles. The monoisotopic (exact) mass is 453 g/mol. The number of hydrogen-bond donors (Lipinski definition) is 0. The van der Waals surface area contributed by atoms with E-state index in [-0.39, 0.29) is 11.1 Å². The van der Waals surface area contributed by atoms with Crippen molar-refractivity contribution in [3.63, 3.8) is 0 Å². The van der Waals surface area contributed by atoms with Gasteiger partial charge in [-0.15, -0.1) is 0 Å². The standard InChI is InChI=1S/C20H27Cl4NO2/c21-17-14-16(26-13-8-19(23)24)15-18(22)20(17)27-12-7-2-1-4-9-25-10-5-3-6-11-25/h8,14-15H,1-7,9-13H2. The summed E-state index contributed by atoms with van der Waals surface area (Å²) in [6, 6.07) is 3.36. The first-order valence-corrected chi connectivity index (χ1v) is 11.1. The number of benzene rings is 1. The fraction of sp³-hybridized carbons (Fsp3) is 0.600. The number of halogens is 4. The lowest BCUT2D eigenvalue weighted by Gasteiger charge is -2.26. The zero-order chi connectivity index (χ0) is 19.5. The Morgan fingerprint density at radius 3 is 2.26 bits per heavy atom. The second kappa shape index (κ2) is 13.0. The molecule has 0 atom stereocenters. The topological polar surface area (TPSA) is 21.7 Å². The van der Waals surface area contributed by atoms with Crippen LogP contribution in [0.2, 0.25) is 10.0 Å². The molecule has 1 aromatic rings. The molecule has 0 N–H and O–H groups in total. The number of rotatable bonds is 11. The van der Waals surface area contributed by atoms with Gasteiger partial charge >= 0.3 is 0 Å². The zero-order valence-corrected chi connectivity index (χ0v) is 18.5. The molecule has 1 fully saturated rings. The molecule has 0 saturated carbocycles. The highest BCUT2D eigenvalue weighted by Gasteiger charge is 2.11. The number of unbranched alkanes of at least 4 members (excludes halogenated alkanes) is 3. The van der Waals surface area contributed by atoms with Crippen LogP contribution in [0.1, 0.15) is 44.9 Å².